The number of aliphatic hydroxyl groups excluding tert-OH is 1. The van der Waals surface area contributed by atoms with Crippen molar-refractivity contribution in [1.82, 2.24) is 15.0 Å². The molecule has 0 aliphatic rings. The van der Waals surface area contributed by atoms with Crippen molar-refractivity contribution in [2.24, 2.45) is 0 Å². The molecule has 0 spiro atoms. The number of nitrogens with zero attached hydrogens (tertiary/aromatic N) is 2. The summed E-state index contributed by atoms with van der Waals surface area (Å²) in [6.45, 7) is -0.0267. The molecular weight excluding hydrogens is 328 g/mol. The predicted molar refractivity (Wildman–Crippen MR) is 101 cm³/mol. The first-order valence-electron chi connectivity index (χ1n) is 8.29. The maximum atomic E-state index is 9.73. The van der Waals surface area contributed by atoms with Crippen LogP contribution in [0.1, 0.15) is 11.6 Å². The fourth-order valence-electron chi connectivity index (χ4n) is 2.93. The van der Waals surface area contributed by atoms with Gasteiger partial charge in [0.15, 0.2) is 5.88 Å². The molecule has 26 heavy (non-hydrogen) atoms. The summed E-state index contributed by atoms with van der Waals surface area (Å²) >= 11 is 0. The summed E-state index contributed by atoms with van der Waals surface area (Å²) in [5.41, 5.74) is 4.87. The van der Waals surface area contributed by atoms with Gasteiger partial charge >= 0.3 is 0 Å². The average molecular weight is 346 g/mol. The van der Waals surface area contributed by atoms with E-state index in [-0.39, 0.29) is 18.5 Å². The zero-order chi connectivity index (χ0) is 17.9. The van der Waals surface area contributed by atoms with Gasteiger partial charge < -0.3 is 20.5 Å². The third-order valence-corrected chi connectivity index (χ3v) is 4.22. The summed E-state index contributed by atoms with van der Waals surface area (Å²) in [5.74, 6) is 0.0897. The first-order valence-corrected chi connectivity index (χ1v) is 8.29. The molecule has 4 N–H and O–H groups in total. The molecule has 1 atom stereocenters. The monoisotopic (exact) mass is 346 g/mol. The second-order valence-corrected chi connectivity index (χ2v) is 6.04. The minimum Gasteiger partial charge on any atom is -0.495 e. The first kappa shape index (κ1) is 16.1. The Bertz CT molecular complexity index is 1030. The van der Waals surface area contributed by atoms with Crippen LogP contribution in [-0.4, -0.2) is 31.8 Å². The molecule has 3 heterocycles. The van der Waals surface area contributed by atoms with Gasteiger partial charge in [-0.25, -0.2) is 4.98 Å². The van der Waals surface area contributed by atoms with Gasteiger partial charge in [0.2, 0.25) is 0 Å². The van der Waals surface area contributed by atoms with Crippen LogP contribution in [0.25, 0.3) is 22.3 Å². The number of H-pyrrole nitrogens is 1. The number of rotatable bonds is 5. The lowest BCUT2D eigenvalue weighted by Gasteiger charge is -2.18. The van der Waals surface area contributed by atoms with Gasteiger partial charge in [-0.05, 0) is 23.8 Å². The Morgan fingerprint density at radius 1 is 1.04 bits per heavy atom. The molecule has 0 aliphatic heterocycles. The number of anilines is 1. The molecule has 1 aromatic carbocycles. The zero-order valence-corrected chi connectivity index (χ0v) is 13.9. The number of aliphatic hydroxyl groups is 1. The lowest BCUT2D eigenvalue weighted by Crippen LogP contribution is -2.14. The Morgan fingerprint density at radius 2 is 1.88 bits per heavy atom. The molecule has 4 aromatic rings. The summed E-state index contributed by atoms with van der Waals surface area (Å²) in [4.78, 5) is 11.7. The smallest absolute Gasteiger partial charge is 0.190 e. The molecular formula is C20H18N4O2. The van der Waals surface area contributed by atoms with Gasteiger partial charge in [-0.15, -0.1) is 0 Å². The molecule has 0 amide bonds. The molecule has 0 saturated heterocycles. The summed E-state index contributed by atoms with van der Waals surface area (Å²) in [6, 6.07) is 16.8. The lowest BCUT2D eigenvalue weighted by atomic mass is 10.1. The number of hydrogen-bond acceptors (Lipinski definition) is 5. The van der Waals surface area contributed by atoms with E-state index in [2.05, 4.69) is 20.3 Å². The van der Waals surface area contributed by atoms with E-state index >= 15 is 0 Å². The number of fused-ring (bicyclic) bond motifs is 1. The minimum absolute atomic E-state index is 0.0267. The van der Waals surface area contributed by atoms with Crippen molar-refractivity contribution >= 4 is 16.7 Å². The van der Waals surface area contributed by atoms with Crippen LogP contribution in [0.15, 0.2) is 67.0 Å². The number of aromatic nitrogens is 3. The Hall–Kier alpha value is -3.38. The number of pyridine rings is 2. The molecule has 0 saturated carbocycles. The van der Waals surface area contributed by atoms with E-state index < -0.39 is 0 Å². The van der Waals surface area contributed by atoms with E-state index in [1.165, 1.54) is 0 Å². The maximum Gasteiger partial charge on any atom is 0.190 e. The number of nitrogens with one attached hydrogen (secondary N) is 2. The second-order valence-electron chi connectivity index (χ2n) is 6.04. The topological polar surface area (TPSA) is 94.1 Å². The number of benzene rings is 1. The number of aromatic amines is 1. The van der Waals surface area contributed by atoms with Crippen molar-refractivity contribution in [3.63, 3.8) is 0 Å². The van der Waals surface area contributed by atoms with Crippen LogP contribution in [0.3, 0.4) is 0 Å². The Morgan fingerprint density at radius 3 is 2.69 bits per heavy atom. The molecule has 3 aromatic heterocycles. The summed E-state index contributed by atoms with van der Waals surface area (Å²) in [5, 5.41) is 22.6. The molecule has 0 bridgehead atoms. The quantitative estimate of drug-likeness (QED) is 0.444. The molecule has 6 heteroatoms. The van der Waals surface area contributed by atoms with Gasteiger partial charge in [-0.1, -0.05) is 30.3 Å². The average Bonchev–Trinajstić information content (AvgIpc) is 3.06. The highest BCUT2D eigenvalue weighted by Gasteiger charge is 2.11. The van der Waals surface area contributed by atoms with Crippen molar-refractivity contribution in [2.75, 3.05) is 11.9 Å². The van der Waals surface area contributed by atoms with E-state index in [0.29, 0.717) is 5.52 Å². The van der Waals surface area contributed by atoms with Crippen LogP contribution in [0, 0.1) is 0 Å². The molecule has 1 unspecified atom stereocenters. The minimum atomic E-state index is -0.217. The highest BCUT2D eigenvalue weighted by Crippen LogP contribution is 2.26. The third kappa shape index (κ3) is 3.22. The van der Waals surface area contributed by atoms with Crippen LogP contribution in [0.2, 0.25) is 0 Å². The van der Waals surface area contributed by atoms with E-state index in [0.717, 1.165) is 28.0 Å². The molecule has 130 valence electrons. The first-order chi connectivity index (χ1) is 12.7. The highest BCUT2D eigenvalue weighted by molar-refractivity contribution is 5.80. The largest absolute Gasteiger partial charge is 0.495 e. The predicted octanol–water partition coefficient (Wildman–Crippen LogP) is 3.48. The van der Waals surface area contributed by atoms with Gasteiger partial charge in [0, 0.05) is 24.0 Å². The van der Waals surface area contributed by atoms with Crippen molar-refractivity contribution in [1.29, 1.82) is 0 Å². The molecule has 6 nitrogen and oxygen atoms in total. The van der Waals surface area contributed by atoms with Gasteiger partial charge in [-0.3, -0.25) is 4.98 Å². The van der Waals surface area contributed by atoms with Crippen molar-refractivity contribution in [3.05, 3.63) is 72.6 Å². The molecule has 0 fully saturated rings. The second kappa shape index (κ2) is 6.85. The van der Waals surface area contributed by atoms with E-state index in [4.69, 9.17) is 0 Å². The van der Waals surface area contributed by atoms with Crippen molar-refractivity contribution in [3.8, 4) is 17.1 Å². The number of aromatic hydroxyl groups is 1. The van der Waals surface area contributed by atoms with Crippen LogP contribution >= 0.6 is 0 Å². The molecule has 0 aliphatic carbocycles. The Balaban J connectivity index is 1.63. The Kier molecular flexibility index (Phi) is 4.25. The van der Waals surface area contributed by atoms with Crippen LogP contribution in [0.5, 0.6) is 5.88 Å². The fraction of sp³-hybridized carbons (Fsp3) is 0.100. The van der Waals surface area contributed by atoms with Crippen LogP contribution in [-0.2, 0) is 0 Å². The Labute approximate surface area is 150 Å². The van der Waals surface area contributed by atoms with E-state index in [1.54, 1.807) is 18.5 Å². The normalized spacial score (nSPS) is 12.2. The van der Waals surface area contributed by atoms with Crippen molar-refractivity contribution < 1.29 is 10.2 Å². The molecule has 4 rings (SSSR count). The fourth-order valence-corrected chi connectivity index (χ4v) is 2.93. The summed E-state index contributed by atoms with van der Waals surface area (Å²) in [6.07, 6.45) is 3.46. The van der Waals surface area contributed by atoms with Crippen molar-refractivity contribution in [2.45, 2.75) is 6.04 Å². The standard InChI is InChI=1S/C20H18N4O2/c25-12-19(13-4-2-1-3-5-13)22-15-8-14(10-21-11-15)16-6-7-17-18(23-16)9-20(26)24-17/h1-11,19,22,24-26H,12H2. The third-order valence-electron chi connectivity index (χ3n) is 4.22. The van der Waals surface area contributed by atoms with Crippen LogP contribution in [0.4, 0.5) is 5.69 Å². The summed E-state index contributed by atoms with van der Waals surface area (Å²) < 4.78 is 0. The SMILES string of the molecule is OCC(Nc1cncc(-c2ccc3[nH]c(O)cc3n2)c1)c1ccccc1. The molecule has 0 radical (unpaired) electrons. The summed E-state index contributed by atoms with van der Waals surface area (Å²) in [7, 11) is 0. The maximum absolute atomic E-state index is 9.73. The van der Waals surface area contributed by atoms with Crippen LogP contribution < -0.4 is 5.32 Å². The highest BCUT2D eigenvalue weighted by atomic mass is 16.3. The van der Waals surface area contributed by atoms with Gasteiger partial charge in [-0.2, -0.15) is 0 Å². The number of hydrogen-bond donors (Lipinski definition) is 4. The zero-order valence-electron chi connectivity index (χ0n) is 13.9. The van der Waals surface area contributed by atoms with Gasteiger partial charge in [0.1, 0.15) is 0 Å². The lowest BCUT2D eigenvalue weighted by molar-refractivity contribution is 0.276. The van der Waals surface area contributed by atoms with Gasteiger partial charge in [0.05, 0.1) is 35.1 Å². The van der Waals surface area contributed by atoms with Gasteiger partial charge in [0.25, 0.3) is 0 Å². The van der Waals surface area contributed by atoms with E-state index in [1.807, 2.05) is 48.5 Å². The van der Waals surface area contributed by atoms with E-state index in [9.17, 15) is 10.2 Å².